The molecule has 1 aliphatic rings. The highest BCUT2D eigenvalue weighted by Gasteiger charge is 2.21. The summed E-state index contributed by atoms with van der Waals surface area (Å²) in [4.78, 5) is 0. The lowest BCUT2D eigenvalue weighted by atomic mass is 9.82. The van der Waals surface area contributed by atoms with Gasteiger partial charge in [-0.25, -0.2) is 4.39 Å². The first-order valence-corrected chi connectivity index (χ1v) is 8.98. The number of rotatable bonds is 6. The number of halogens is 1. The smallest absolute Gasteiger partial charge is 0.165 e. The first-order chi connectivity index (χ1) is 11.7. The van der Waals surface area contributed by atoms with Gasteiger partial charge >= 0.3 is 0 Å². The van der Waals surface area contributed by atoms with E-state index in [0.29, 0.717) is 12.0 Å². The third kappa shape index (κ3) is 4.57. The second-order valence-electron chi connectivity index (χ2n) is 6.80. The van der Waals surface area contributed by atoms with Gasteiger partial charge in [-0.05, 0) is 74.2 Å². The van der Waals surface area contributed by atoms with Crippen LogP contribution in [-0.4, -0.2) is 17.7 Å². The van der Waals surface area contributed by atoms with Gasteiger partial charge in [0.15, 0.2) is 11.6 Å². The lowest BCUT2D eigenvalue weighted by Crippen LogP contribution is -2.33. The van der Waals surface area contributed by atoms with Gasteiger partial charge in [0.05, 0.1) is 0 Å². The predicted octanol–water partition coefficient (Wildman–Crippen LogP) is 4.78. The second-order valence-corrected chi connectivity index (χ2v) is 6.80. The van der Waals surface area contributed by atoms with Gasteiger partial charge in [-0.2, -0.15) is 0 Å². The van der Waals surface area contributed by atoms with Crippen molar-refractivity contribution in [1.29, 1.82) is 0 Å². The molecule has 2 N–H and O–H groups in total. The lowest BCUT2D eigenvalue weighted by Gasteiger charge is -2.29. The molecule has 0 heterocycles. The summed E-state index contributed by atoms with van der Waals surface area (Å²) in [6.45, 7) is 0.961. The Morgan fingerprint density at radius 3 is 2.46 bits per heavy atom. The normalized spacial score (nSPS) is 20.9. The van der Waals surface area contributed by atoms with Gasteiger partial charge in [-0.15, -0.1) is 0 Å². The molecule has 24 heavy (non-hydrogen) atoms. The molecule has 1 aliphatic carbocycles. The van der Waals surface area contributed by atoms with Crippen molar-refractivity contribution in [2.24, 2.45) is 0 Å². The van der Waals surface area contributed by atoms with Crippen LogP contribution in [0.4, 0.5) is 4.39 Å². The monoisotopic (exact) mass is 327 g/mol. The van der Waals surface area contributed by atoms with E-state index in [-0.39, 0.29) is 5.75 Å². The topological polar surface area (TPSA) is 32.3 Å². The Labute approximate surface area is 143 Å². The van der Waals surface area contributed by atoms with Crippen LogP contribution >= 0.6 is 0 Å². The van der Waals surface area contributed by atoms with Crippen LogP contribution in [0.1, 0.15) is 49.1 Å². The maximum atomic E-state index is 13.3. The highest BCUT2D eigenvalue weighted by atomic mass is 19.1. The molecule has 128 valence electrons. The summed E-state index contributed by atoms with van der Waals surface area (Å²) in [6, 6.07) is 16.1. The number of aromatic hydroxyl groups is 1. The van der Waals surface area contributed by atoms with Crippen LogP contribution in [-0.2, 0) is 6.42 Å². The first-order valence-electron chi connectivity index (χ1n) is 8.98. The van der Waals surface area contributed by atoms with E-state index >= 15 is 0 Å². The van der Waals surface area contributed by atoms with Crippen LogP contribution in [0.3, 0.4) is 0 Å². The van der Waals surface area contributed by atoms with E-state index in [4.69, 9.17) is 0 Å². The Kier molecular flexibility index (Phi) is 5.86. The molecular formula is C21H26FNO. The van der Waals surface area contributed by atoms with Crippen LogP contribution in [0.5, 0.6) is 5.75 Å². The lowest BCUT2D eigenvalue weighted by molar-refractivity contribution is 0.342. The zero-order chi connectivity index (χ0) is 16.8. The van der Waals surface area contributed by atoms with Crippen LogP contribution in [0.2, 0.25) is 0 Å². The third-order valence-electron chi connectivity index (χ3n) is 5.09. The van der Waals surface area contributed by atoms with Gasteiger partial charge < -0.3 is 10.4 Å². The van der Waals surface area contributed by atoms with E-state index in [2.05, 4.69) is 35.6 Å². The molecule has 0 aromatic heterocycles. The van der Waals surface area contributed by atoms with Gasteiger partial charge in [0.2, 0.25) is 0 Å². The quantitative estimate of drug-likeness (QED) is 0.748. The molecule has 1 fully saturated rings. The summed E-state index contributed by atoms with van der Waals surface area (Å²) in [7, 11) is 0. The summed E-state index contributed by atoms with van der Waals surface area (Å²) in [5, 5.41) is 12.8. The zero-order valence-electron chi connectivity index (χ0n) is 14.0. The maximum Gasteiger partial charge on any atom is 0.165 e. The molecule has 0 unspecified atom stereocenters. The molecule has 3 heteroatoms. The van der Waals surface area contributed by atoms with Crippen molar-refractivity contribution in [2.75, 3.05) is 6.54 Å². The van der Waals surface area contributed by atoms with Crippen molar-refractivity contribution in [3.8, 4) is 5.75 Å². The van der Waals surface area contributed by atoms with Gasteiger partial charge in [0.1, 0.15) is 0 Å². The van der Waals surface area contributed by atoms with E-state index in [9.17, 15) is 9.50 Å². The number of aryl methyl sites for hydroxylation is 1. The summed E-state index contributed by atoms with van der Waals surface area (Å²) >= 11 is 0. The molecule has 2 aromatic rings. The molecule has 1 saturated carbocycles. The van der Waals surface area contributed by atoms with E-state index in [0.717, 1.165) is 24.9 Å². The van der Waals surface area contributed by atoms with Crippen molar-refractivity contribution < 1.29 is 9.50 Å². The molecule has 0 saturated heterocycles. The summed E-state index contributed by atoms with van der Waals surface area (Å²) in [5.41, 5.74) is 2.42. The number of hydrogen-bond donors (Lipinski definition) is 2. The fourth-order valence-corrected chi connectivity index (χ4v) is 3.66. The van der Waals surface area contributed by atoms with E-state index in [1.807, 2.05) is 0 Å². The van der Waals surface area contributed by atoms with Crippen molar-refractivity contribution in [1.82, 2.24) is 5.32 Å². The second kappa shape index (κ2) is 8.29. The van der Waals surface area contributed by atoms with Gasteiger partial charge in [-0.1, -0.05) is 36.4 Å². The highest BCUT2D eigenvalue weighted by molar-refractivity contribution is 5.28. The van der Waals surface area contributed by atoms with E-state index in [1.165, 1.54) is 43.4 Å². The van der Waals surface area contributed by atoms with Gasteiger partial charge in [-0.3, -0.25) is 0 Å². The number of phenols is 1. The van der Waals surface area contributed by atoms with Crippen molar-refractivity contribution in [2.45, 2.75) is 50.5 Å². The molecule has 0 atom stereocenters. The minimum atomic E-state index is -0.528. The Morgan fingerprint density at radius 2 is 1.75 bits per heavy atom. The minimum Gasteiger partial charge on any atom is -0.505 e. The standard InChI is InChI=1S/C21H26FNO/c22-20-15-16(8-13-21(20)24)5-4-14-23-19-11-9-18(10-12-19)17-6-2-1-3-7-17/h1-3,6-8,13,15,18-19,23-24H,4-5,9-12,14H2. The Hall–Kier alpha value is -1.87. The molecule has 0 radical (unpaired) electrons. The van der Waals surface area contributed by atoms with Crippen LogP contribution in [0.25, 0.3) is 0 Å². The molecule has 3 rings (SSSR count). The molecule has 2 aromatic carbocycles. The minimum absolute atomic E-state index is 0.271. The summed E-state index contributed by atoms with van der Waals surface area (Å²) in [6.07, 6.45) is 6.79. The molecule has 2 nitrogen and oxygen atoms in total. The number of phenolic OH excluding ortho intramolecular Hbond substituents is 1. The third-order valence-corrected chi connectivity index (χ3v) is 5.09. The first kappa shape index (κ1) is 17.0. The van der Waals surface area contributed by atoms with Crippen LogP contribution in [0.15, 0.2) is 48.5 Å². The van der Waals surface area contributed by atoms with E-state index in [1.54, 1.807) is 6.07 Å². The zero-order valence-corrected chi connectivity index (χ0v) is 14.0. The Bertz CT molecular complexity index is 636. The number of nitrogens with one attached hydrogen (secondary N) is 1. The summed E-state index contributed by atoms with van der Waals surface area (Å²) < 4.78 is 13.3. The van der Waals surface area contributed by atoms with Crippen molar-refractivity contribution in [3.63, 3.8) is 0 Å². The summed E-state index contributed by atoms with van der Waals surface area (Å²) in [5.74, 6) is -0.0871. The molecular weight excluding hydrogens is 301 g/mol. The van der Waals surface area contributed by atoms with Gasteiger partial charge in [0, 0.05) is 6.04 Å². The van der Waals surface area contributed by atoms with Crippen LogP contribution < -0.4 is 5.32 Å². The van der Waals surface area contributed by atoms with E-state index < -0.39 is 5.82 Å². The van der Waals surface area contributed by atoms with Gasteiger partial charge in [0.25, 0.3) is 0 Å². The van der Waals surface area contributed by atoms with Crippen molar-refractivity contribution in [3.05, 3.63) is 65.5 Å². The average Bonchev–Trinajstić information content (AvgIpc) is 2.63. The van der Waals surface area contributed by atoms with Crippen LogP contribution in [0, 0.1) is 5.82 Å². The van der Waals surface area contributed by atoms with Crippen molar-refractivity contribution >= 4 is 0 Å². The fraction of sp³-hybridized carbons (Fsp3) is 0.429. The average molecular weight is 327 g/mol. The fourth-order valence-electron chi connectivity index (χ4n) is 3.66. The number of benzene rings is 2. The Morgan fingerprint density at radius 1 is 1.00 bits per heavy atom. The maximum absolute atomic E-state index is 13.3. The molecule has 0 bridgehead atoms. The molecule has 0 amide bonds. The highest BCUT2D eigenvalue weighted by Crippen LogP contribution is 2.32. The molecule has 0 spiro atoms. The largest absolute Gasteiger partial charge is 0.505 e. The SMILES string of the molecule is Oc1ccc(CCCNC2CCC(c3ccccc3)CC2)cc1F. The Balaban J connectivity index is 1.35. The molecule has 0 aliphatic heterocycles. The number of hydrogen-bond acceptors (Lipinski definition) is 2. The predicted molar refractivity (Wildman–Crippen MR) is 95.8 cm³/mol.